The van der Waals surface area contributed by atoms with Crippen LogP contribution in [0, 0.1) is 12.3 Å². The number of allylic oxidation sites excluding steroid dienone is 1. The number of hydrogen-bond acceptors (Lipinski definition) is 1. The average Bonchev–Trinajstić information content (AvgIpc) is 2.19. The second kappa shape index (κ2) is 3.43. The van der Waals surface area contributed by atoms with Crippen molar-refractivity contribution in [2.45, 2.75) is 6.61 Å². The zero-order valence-corrected chi connectivity index (χ0v) is 9.04. The normalized spacial score (nSPS) is 14.5. The topological polar surface area (TPSA) is 9.23 Å². The minimum Gasteiger partial charge on any atom is -0.480 e. The highest BCUT2D eigenvalue weighted by atomic mass is 127. The second-order valence-electron chi connectivity index (χ2n) is 2.73. The lowest BCUT2D eigenvalue weighted by Crippen LogP contribution is -2.03. The van der Waals surface area contributed by atoms with Crippen molar-refractivity contribution in [2.75, 3.05) is 0 Å². The van der Waals surface area contributed by atoms with Crippen molar-refractivity contribution in [1.82, 2.24) is 0 Å². The summed E-state index contributed by atoms with van der Waals surface area (Å²) in [5.74, 6) is 3.20. The third kappa shape index (κ3) is 1.44. The summed E-state index contributed by atoms with van der Waals surface area (Å²) in [5.41, 5.74) is 2.40. The molecule has 0 amide bonds. The highest BCUT2D eigenvalue weighted by Gasteiger charge is 2.15. The average molecular weight is 282 g/mol. The number of fused-ring (bicyclic) bond motifs is 1. The van der Waals surface area contributed by atoms with Crippen LogP contribution in [0.25, 0.3) is 3.58 Å². The Morgan fingerprint density at radius 2 is 2.15 bits per heavy atom. The molecule has 0 fully saturated rings. The van der Waals surface area contributed by atoms with Gasteiger partial charge in [-0.2, -0.15) is 0 Å². The van der Waals surface area contributed by atoms with Gasteiger partial charge in [-0.3, -0.25) is 0 Å². The van der Waals surface area contributed by atoms with Crippen molar-refractivity contribution in [3.63, 3.8) is 0 Å². The van der Waals surface area contributed by atoms with Crippen molar-refractivity contribution in [1.29, 1.82) is 0 Å². The van der Waals surface area contributed by atoms with Crippen LogP contribution in [0.3, 0.4) is 0 Å². The van der Waals surface area contributed by atoms with E-state index in [4.69, 9.17) is 11.2 Å². The Kier molecular flexibility index (Phi) is 2.28. The van der Waals surface area contributed by atoms with Gasteiger partial charge < -0.3 is 4.74 Å². The van der Waals surface area contributed by atoms with Gasteiger partial charge in [0.05, 0.1) is 3.58 Å². The molecule has 0 atom stereocenters. The molecule has 0 saturated heterocycles. The standard InChI is InChI=1S/C11H7IO/c1-2-10-11(12)9-6-4-3-5-8(9)7-13-10/h1,3-6H,7H2. The van der Waals surface area contributed by atoms with Crippen molar-refractivity contribution in [2.24, 2.45) is 0 Å². The molecule has 0 bridgehead atoms. The fourth-order valence-electron chi connectivity index (χ4n) is 1.30. The van der Waals surface area contributed by atoms with Gasteiger partial charge in [-0.15, -0.1) is 6.42 Å². The molecule has 0 saturated carbocycles. The molecule has 0 aliphatic carbocycles. The van der Waals surface area contributed by atoms with E-state index in [0.717, 1.165) is 3.58 Å². The summed E-state index contributed by atoms with van der Waals surface area (Å²) in [6, 6.07) is 8.14. The summed E-state index contributed by atoms with van der Waals surface area (Å²) < 4.78 is 6.43. The molecule has 0 aromatic heterocycles. The van der Waals surface area contributed by atoms with Crippen LogP contribution in [-0.2, 0) is 11.3 Å². The van der Waals surface area contributed by atoms with Crippen LogP contribution < -0.4 is 0 Å². The Morgan fingerprint density at radius 3 is 2.92 bits per heavy atom. The van der Waals surface area contributed by atoms with Crippen molar-refractivity contribution in [3.8, 4) is 12.3 Å². The van der Waals surface area contributed by atoms with E-state index >= 15 is 0 Å². The van der Waals surface area contributed by atoms with Gasteiger partial charge in [0.2, 0.25) is 0 Å². The van der Waals surface area contributed by atoms with Gasteiger partial charge >= 0.3 is 0 Å². The molecule has 2 rings (SSSR count). The van der Waals surface area contributed by atoms with Crippen molar-refractivity contribution < 1.29 is 4.74 Å². The van der Waals surface area contributed by atoms with Crippen LogP contribution in [0.5, 0.6) is 0 Å². The van der Waals surface area contributed by atoms with Gasteiger partial charge in [-0.1, -0.05) is 24.3 Å². The molecule has 1 aliphatic heterocycles. The summed E-state index contributed by atoms with van der Waals surface area (Å²) in [4.78, 5) is 0. The van der Waals surface area contributed by atoms with Gasteiger partial charge in [-0.05, 0) is 39.6 Å². The first kappa shape index (κ1) is 8.64. The van der Waals surface area contributed by atoms with Gasteiger partial charge in [0, 0.05) is 0 Å². The number of hydrogen-bond donors (Lipinski definition) is 0. The molecule has 2 heteroatoms. The summed E-state index contributed by atoms with van der Waals surface area (Å²) >= 11 is 2.22. The summed E-state index contributed by atoms with van der Waals surface area (Å²) in [6.45, 7) is 0.586. The third-order valence-electron chi connectivity index (χ3n) is 1.96. The minimum absolute atomic E-state index is 0.586. The van der Waals surface area contributed by atoms with E-state index in [1.165, 1.54) is 11.1 Å². The maximum Gasteiger partial charge on any atom is 0.184 e. The summed E-state index contributed by atoms with van der Waals surface area (Å²) in [6.07, 6.45) is 5.31. The van der Waals surface area contributed by atoms with E-state index in [9.17, 15) is 0 Å². The van der Waals surface area contributed by atoms with E-state index in [1.54, 1.807) is 0 Å². The number of ether oxygens (including phenoxy) is 1. The summed E-state index contributed by atoms with van der Waals surface area (Å²) in [5, 5.41) is 0. The van der Waals surface area contributed by atoms with Crippen LogP contribution in [0.4, 0.5) is 0 Å². The first-order valence-electron chi connectivity index (χ1n) is 3.90. The predicted molar refractivity (Wildman–Crippen MR) is 61.0 cm³/mol. The lowest BCUT2D eigenvalue weighted by molar-refractivity contribution is 0.212. The molecule has 64 valence electrons. The Labute approximate surface area is 90.9 Å². The van der Waals surface area contributed by atoms with E-state index in [0.29, 0.717) is 12.4 Å². The highest BCUT2D eigenvalue weighted by molar-refractivity contribution is 14.1. The number of benzene rings is 1. The largest absolute Gasteiger partial charge is 0.480 e. The maximum atomic E-state index is 5.40. The van der Waals surface area contributed by atoms with Gasteiger partial charge in [0.15, 0.2) is 5.76 Å². The van der Waals surface area contributed by atoms with Gasteiger partial charge in [-0.25, -0.2) is 0 Å². The molecule has 0 N–H and O–H groups in total. The van der Waals surface area contributed by atoms with E-state index in [2.05, 4.69) is 40.6 Å². The number of terminal acetylenes is 1. The van der Waals surface area contributed by atoms with Crippen LogP contribution in [0.15, 0.2) is 30.0 Å². The molecular formula is C11H7IO. The molecule has 0 radical (unpaired) electrons. The lowest BCUT2D eigenvalue weighted by Gasteiger charge is -2.17. The molecule has 1 aromatic rings. The van der Waals surface area contributed by atoms with E-state index in [1.807, 2.05) is 12.1 Å². The highest BCUT2D eigenvalue weighted by Crippen LogP contribution is 2.33. The zero-order chi connectivity index (χ0) is 9.26. The zero-order valence-electron chi connectivity index (χ0n) is 6.88. The third-order valence-corrected chi connectivity index (χ3v) is 3.03. The molecule has 1 heterocycles. The lowest BCUT2D eigenvalue weighted by atomic mass is 10.1. The van der Waals surface area contributed by atoms with Crippen LogP contribution in [0.1, 0.15) is 11.1 Å². The van der Waals surface area contributed by atoms with Crippen molar-refractivity contribution in [3.05, 3.63) is 41.2 Å². The first-order valence-corrected chi connectivity index (χ1v) is 4.98. The Morgan fingerprint density at radius 1 is 1.38 bits per heavy atom. The monoisotopic (exact) mass is 282 g/mol. The molecule has 13 heavy (non-hydrogen) atoms. The number of rotatable bonds is 0. The van der Waals surface area contributed by atoms with Crippen LogP contribution >= 0.6 is 22.6 Å². The van der Waals surface area contributed by atoms with Crippen LogP contribution in [-0.4, -0.2) is 0 Å². The first-order chi connectivity index (χ1) is 6.33. The quantitative estimate of drug-likeness (QED) is 0.525. The van der Waals surface area contributed by atoms with E-state index in [-0.39, 0.29) is 0 Å². The second-order valence-corrected chi connectivity index (χ2v) is 3.81. The van der Waals surface area contributed by atoms with E-state index < -0.39 is 0 Å². The number of halogens is 1. The maximum absolute atomic E-state index is 5.40. The Balaban J connectivity index is 2.60. The smallest absolute Gasteiger partial charge is 0.184 e. The molecule has 1 aliphatic rings. The molecule has 1 aromatic carbocycles. The fourth-order valence-corrected chi connectivity index (χ4v) is 2.14. The summed E-state index contributed by atoms with van der Waals surface area (Å²) in [7, 11) is 0. The van der Waals surface area contributed by atoms with Gasteiger partial charge in [0.1, 0.15) is 6.61 Å². The fraction of sp³-hybridized carbons (Fsp3) is 0.0909. The molecular weight excluding hydrogens is 275 g/mol. The minimum atomic E-state index is 0.586. The Hall–Kier alpha value is -0.950. The van der Waals surface area contributed by atoms with Gasteiger partial charge in [0.25, 0.3) is 0 Å². The van der Waals surface area contributed by atoms with Crippen LogP contribution in [0.2, 0.25) is 0 Å². The Bertz CT molecular complexity index is 412. The molecule has 0 spiro atoms. The van der Waals surface area contributed by atoms with Crippen molar-refractivity contribution >= 4 is 26.2 Å². The molecule has 0 unspecified atom stereocenters. The molecule has 1 nitrogen and oxygen atoms in total. The predicted octanol–water partition coefficient (Wildman–Crippen LogP) is 2.95. The SMILES string of the molecule is C#CC1=C(I)c2ccccc2CO1.